The number of rotatable bonds is 8. The van der Waals surface area contributed by atoms with Gasteiger partial charge < -0.3 is 4.57 Å². The first-order valence-corrected chi connectivity index (χ1v) is 12.0. The highest BCUT2D eigenvalue weighted by molar-refractivity contribution is 9.10. The van der Waals surface area contributed by atoms with E-state index in [9.17, 15) is 4.79 Å². The van der Waals surface area contributed by atoms with Crippen molar-refractivity contribution in [2.75, 3.05) is 0 Å². The van der Waals surface area contributed by atoms with Crippen molar-refractivity contribution in [3.05, 3.63) is 69.3 Å². The molecule has 34 heavy (non-hydrogen) atoms. The third-order valence-corrected chi connectivity index (χ3v) is 6.68. The number of aromatic amines is 1. The number of nitrogens with zero attached hydrogens (tertiary/aromatic N) is 7. The molecule has 3 aromatic heterocycles. The van der Waals surface area contributed by atoms with Gasteiger partial charge in [0.15, 0.2) is 11.4 Å². The van der Waals surface area contributed by atoms with Crippen molar-refractivity contribution in [3.63, 3.8) is 0 Å². The Morgan fingerprint density at radius 1 is 1.21 bits per heavy atom. The number of hydrogen-bond acceptors (Lipinski definition) is 6. The number of hydrogen-bond donors (Lipinski definition) is 1. The van der Waals surface area contributed by atoms with Gasteiger partial charge in [-0.2, -0.15) is 10.3 Å². The van der Waals surface area contributed by atoms with Crippen LogP contribution in [0.25, 0.3) is 28.0 Å². The number of nitrogens with one attached hydrogen (secondary N) is 1. The van der Waals surface area contributed by atoms with Crippen LogP contribution in [0.4, 0.5) is 0 Å². The summed E-state index contributed by atoms with van der Waals surface area (Å²) >= 11 is 9.97. The molecule has 0 aliphatic rings. The van der Waals surface area contributed by atoms with Crippen molar-refractivity contribution in [2.45, 2.75) is 32.7 Å². The van der Waals surface area contributed by atoms with Gasteiger partial charge in [-0.1, -0.05) is 43.1 Å². The van der Waals surface area contributed by atoms with Crippen LogP contribution in [0, 0.1) is 0 Å². The molecular formula is C23H20BrClN8O. The van der Waals surface area contributed by atoms with Gasteiger partial charge in [-0.15, -0.1) is 10.2 Å². The summed E-state index contributed by atoms with van der Waals surface area (Å²) in [5.41, 5.74) is 3.85. The molecular weight excluding hydrogens is 520 g/mol. The highest BCUT2D eigenvalue weighted by atomic mass is 79.9. The van der Waals surface area contributed by atoms with Crippen LogP contribution in [0.3, 0.4) is 0 Å². The second-order valence-corrected chi connectivity index (χ2v) is 8.93. The first-order valence-electron chi connectivity index (χ1n) is 10.8. The summed E-state index contributed by atoms with van der Waals surface area (Å²) in [6, 6.07) is 13.8. The van der Waals surface area contributed by atoms with Crippen LogP contribution in [0.15, 0.2) is 47.1 Å². The van der Waals surface area contributed by atoms with E-state index in [1.807, 2.05) is 45.6 Å². The lowest BCUT2D eigenvalue weighted by atomic mass is 10.1. The molecule has 0 aliphatic carbocycles. The van der Waals surface area contributed by atoms with Gasteiger partial charge in [0.2, 0.25) is 5.82 Å². The van der Waals surface area contributed by atoms with Gasteiger partial charge in [-0.3, -0.25) is 4.79 Å². The van der Waals surface area contributed by atoms with Crippen LogP contribution in [-0.4, -0.2) is 46.2 Å². The smallest absolute Gasteiger partial charge is 0.206 e. The topological polar surface area (TPSA) is 107 Å². The predicted octanol–water partition coefficient (Wildman–Crippen LogP) is 5.02. The van der Waals surface area contributed by atoms with Crippen LogP contribution < -0.4 is 0 Å². The number of tetrazole rings is 1. The third-order valence-electron chi connectivity index (χ3n) is 5.64. The Labute approximate surface area is 208 Å². The number of halogens is 2. The molecule has 11 heteroatoms. The summed E-state index contributed by atoms with van der Waals surface area (Å²) in [6.07, 6.45) is 3.54. The number of imidazole rings is 1. The standard InChI is InChI=1S/C23H20BrClN8O/c1-2-3-8-20-26-22(25)19(13-34)32(20)12-14-9-10-17-16(11-14)21(24)33(29-17)18-7-5-4-6-15(18)23-27-30-31-28-23/h4-7,9-11,13H,2-3,8,12H2,1H3,(H,27,28,30,31). The van der Waals surface area contributed by atoms with Crippen molar-refractivity contribution >= 4 is 44.7 Å². The zero-order valence-electron chi connectivity index (χ0n) is 18.2. The molecule has 0 atom stereocenters. The number of benzene rings is 2. The SMILES string of the molecule is CCCCc1nc(Cl)c(C=O)n1Cc1ccc2nn(-c3ccccc3-c3nn[nH]n3)c(Br)c2c1. The van der Waals surface area contributed by atoms with E-state index >= 15 is 0 Å². The van der Waals surface area contributed by atoms with E-state index in [1.54, 1.807) is 0 Å². The molecule has 0 unspecified atom stereocenters. The number of aldehydes is 1. The van der Waals surface area contributed by atoms with Gasteiger partial charge in [0.05, 0.1) is 11.2 Å². The van der Waals surface area contributed by atoms with E-state index in [1.165, 1.54) is 0 Å². The Balaban J connectivity index is 1.55. The van der Waals surface area contributed by atoms with Crippen molar-refractivity contribution in [3.8, 4) is 17.1 Å². The molecule has 5 rings (SSSR count). The fraction of sp³-hybridized carbons (Fsp3) is 0.217. The Kier molecular flexibility index (Phi) is 6.25. The van der Waals surface area contributed by atoms with Crippen molar-refractivity contribution in [2.24, 2.45) is 0 Å². The number of para-hydroxylation sites is 1. The Bertz CT molecular complexity index is 1470. The first kappa shape index (κ1) is 22.4. The monoisotopic (exact) mass is 538 g/mol. The fourth-order valence-corrected chi connectivity index (χ4v) is 4.79. The molecule has 0 fully saturated rings. The molecule has 172 valence electrons. The molecule has 2 aromatic carbocycles. The second kappa shape index (κ2) is 9.47. The minimum absolute atomic E-state index is 0.245. The number of aryl methyl sites for hydroxylation is 1. The lowest BCUT2D eigenvalue weighted by molar-refractivity contribution is 0.111. The zero-order valence-corrected chi connectivity index (χ0v) is 20.6. The molecule has 0 spiro atoms. The third kappa shape index (κ3) is 4.03. The molecule has 0 bridgehead atoms. The number of H-pyrrole nitrogens is 1. The van der Waals surface area contributed by atoms with Gasteiger partial charge in [0.25, 0.3) is 0 Å². The summed E-state index contributed by atoms with van der Waals surface area (Å²) in [5.74, 6) is 1.30. The maximum absolute atomic E-state index is 11.7. The summed E-state index contributed by atoms with van der Waals surface area (Å²) < 4.78 is 4.51. The van der Waals surface area contributed by atoms with Crippen molar-refractivity contribution in [1.29, 1.82) is 0 Å². The average molecular weight is 540 g/mol. The molecule has 0 aliphatic heterocycles. The molecule has 9 nitrogen and oxygen atoms in total. The van der Waals surface area contributed by atoms with Gasteiger partial charge in [0, 0.05) is 23.9 Å². The average Bonchev–Trinajstić information content (AvgIpc) is 3.57. The lowest BCUT2D eigenvalue weighted by Gasteiger charge is -2.10. The molecule has 0 radical (unpaired) electrons. The minimum Gasteiger partial charge on any atom is -0.320 e. The van der Waals surface area contributed by atoms with Crippen LogP contribution in [0.5, 0.6) is 0 Å². The lowest BCUT2D eigenvalue weighted by Crippen LogP contribution is -2.08. The van der Waals surface area contributed by atoms with E-state index in [0.717, 1.165) is 63.7 Å². The Morgan fingerprint density at radius 3 is 2.82 bits per heavy atom. The van der Waals surface area contributed by atoms with Crippen molar-refractivity contribution < 1.29 is 4.79 Å². The number of unbranched alkanes of at least 4 members (excludes halogenated alkanes) is 1. The largest absolute Gasteiger partial charge is 0.320 e. The van der Waals surface area contributed by atoms with Gasteiger partial charge in [-0.25, -0.2) is 9.67 Å². The van der Waals surface area contributed by atoms with Crippen LogP contribution in [0.1, 0.15) is 41.6 Å². The van der Waals surface area contributed by atoms with Crippen LogP contribution >= 0.6 is 27.5 Å². The number of carbonyl (C=O) groups is 1. The summed E-state index contributed by atoms with van der Waals surface area (Å²) in [6.45, 7) is 2.61. The quantitative estimate of drug-likeness (QED) is 0.277. The highest BCUT2D eigenvalue weighted by Crippen LogP contribution is 2.32. The molecule has 0 amide bonds. The Morgan fingerprint density at radius 2 is 2.06 bits per heavy atom. The van der Waals surface area contributed by atoms with E-state index in [4.69, 9.17) is 16.7 Å². The van der Waals surface area contributed by atoms with Gasteiger partial charge in [-0.05, 0) is 57.4 Å². The predicted molar refractivity (Wildman–Crippen MR) is 132 cm³/mol. The molecule has 1 N–H and O–H groups in total. The maximum atomic E-state index is 11.7. The second-order valence-electron chi connectivity index (χ2n) is 7.82. The van der Waals surface area contributed by atoms with Crippen LogP contribution in [-0.2, 0) is 13.0 Å². The maximum Gasteiger partial charge on any atom is 0.206 e. The van der Waals surface area contributed by atoms with E-state index in [-0.39, 0.29) is 5.15 Å². The van der Waals surface area contributed by atoms with Crippen molar-refractivity contribution in [1.82, 2.24) is 40.0 Å². The van der Waals surface area contributed by atoms with E-state index in [0.29, 0.717) is 18.1 Å². The first-order chi connectivity index (χ1) is 16.6. The van der Waals surface area contributed by atoms with Gasteiger partial charge >= 0.3 is 0 Å². The summed E-state index contributed by atoms with van der Waals surface area (Å²) in [5, 5.41) is 20.4. The highest BCUT2D eigenvalue weighted by Gasteiger charge is 2.18. The molecule has 0 saturated heterocycles. The number of carbonyl (C=O) groups excluding carboxylic acids is 1. The molecule has 3 heterocycles. The Hall–Kier alpha value is -3.37. The summed E-state index contributed by atoms with van der Waals surface area (Å²) in [7, 11) is 0. The summed E-state index contributed by atoms with van der Waals surface area (Å²) in [4.78, 5) is 16.1. The fourth-order valence-electron chi connectivity index (χ4n) is 3.96. The molecule has 0 saturated carbocycles. The molecule has 5 aromatic rings. The normalized spacial score (nSPS) is 11.4. The minimum atomic E-state index is 0.245. The van der Waals surface area contributed by atoms with Gasteiger partial charge in [0.1, 0.15) is 16.1 Å². The zero-order chi connectivity index (χ0) is 23.7. The number of aromatic nitrogens is 8. The number of fused-ring (bicyclic) bond motifs is 1. The van der Waals surface area contributed by atoms with E-state index in [2.05, 4.69) is 54.5 Å². The van der Waals surface area contributed by atoms with Crippen LogP contribution in [0.2, 0.25) is 5.15 Å². The van der Waals surface area contributed by atoms with E-state index < -0.39 is 0 Å².